The van der Waals surface area contributed by atoms with Gasteiger partial charge in [0.25, 0.3) is 0 Å². The lowest BCUT2D eigenvalue weighted by atomic mass is 10.1. The Kier molecular flexibility index (Phi) is 7.29. The second-order valence-electron chi connectivity index (χ2n) is 4.99. The van der Waals surface area contributed by atoms with Crippen LogP contribution < -0.4 is 10.6 Å². The normalized spacial score (nSPS) is 12.7. The van der Waals surface area contributed by atoms with E-state index in [1.165, 1.54) is 12.7 Å². The van der Waals surface area contributed by atoms with Gasteiger partial charge >= 0.3 is 5.97 Å². The highest BCUT2D eigenvalue weighted by atomic mass is 16.5. The summed E-state index contributed by atoms with van der Waals surface area (Å²) < 4.78 is 4.71. The van der Waals surface area contributed by atoms with Crippen LogP contribution in [0.3, 0.4) is 0 Å². The first-order valence-electron chi connectivity index (χ1n) is 7.22. The van der Waals surface area contributed by atoms with Gasteiger partial charge in [-0.15, -0.1) is 0 Å². The maximum Gasteiger partial charge on any atom is 0.310 e. The van der Waals surface area contributed by atoms with Crippen LogP contribution in [0.5, 0.6) is 0 Å². The van der Waals surface area contributed by atoms with Gasteiger partial charge in [0.1, 0.15) is 0 Å². The number of benzene rings is 1. The molecule has 0 aromatic heterocycles. The molecule has 1 aromatic rings. The topological polar surface area (TPSA) is 62.7 Å². The van der Waals surface area contributed by atoms with Crippen LogP contribution in [0.4, 0.5) is 0 Å². The van der Waals surface area contributed by atoms with Crippen LogP contribution in [0.2, 0.25) is 0 Å². The summed E-state index contributed by atoms with van der Waals surface area (Å²) in [7, 11) is 1.40. The van der Waals surface area contributed by atoms with E-state index in [2.05, 4.69) is 40.7 Å². The average Bonchev–Trinajstić information content (AvgIpc) is 2.49. The van der Waals surface area contributed by atoms with E-state index in [4.69, 9.17) is 4.74 Å². The van der Waals surface area contributed by atoms with Gasteiger partial charge in [-0.25, -0.2) is 4.99 Å². The first kappa shape index (κ1) is 17.0. The molecule has 0 saturated heterocycles. The average molecular weight is 291 g/mol. The zero-order chi connectivity index (χ0) is 15.7. The molecule has 0 radical (unpaired) electrons. The van der Waals surface area contributed by atoms with Crippen molar-refractivity contribution in [2.24, 2.45) is 10.9 Å². The molecule has 21 heavy (non-hydrogen) atoms. The van der Waals surface area contributed by atoms with Gasteiger partial charge in [0.15, 0.2) is 5.96 Å². The summed E-state index contributed by atoms with van der Waals surface area (Å²) in [6, 6.07) is 8.26. The minimum atomic E-state index is -0.225. The quantitative estimate of drug-likeness (QED) is 0.477. The Hall–Kier alpha value is -2.04. The monoisotopic (exact) mass is 291 g/mol. The molecule has 0 aliphatic rings. The number of carbonyl (C=O) groups excluding carboxylic acids is 1. The number of rotatable bonds is 6. The first-order chi connectivity index (χ1) is 10.1. The molecule has 0 bridgehead atoms. The molecule has 1 aromatic carbocycles. The minimum Gasteiger partial charge on any atom is -0.469 e. The van der Waals surface area contributed by atoms with E-state index in [-0.39, 0.29) is 11.9 Å². The van der Waals surface area contributed by atoms with Crippen molar-refractivity contribution in [1.82, 2.24) is 10.6 Å². The van der Waals surface area contributed by atoms with Crippen LogP contribution in [-0.2, 0) is 16.1 Å². The van der Waals surface area contributed by atoms with Gasteiger partial charge in [0.2, 0.25) is 0 Å². The van der Waals surface area contributed by atoms with Crippen molar-refractivity contribution in [3.63, 3.8) is 0 Å². The van der Waals surface area contributed by atoms with E-state index in [0.717, 1.165) is 12.1 Å². The Bertz CT molecular complexity index is 486. The van der Waals surface area contributed by atoms with Crippen molar-refractivity contribution in [3.8, 4) is 0 Å². The van der Waals surface area contributed by atoms with Gasteiger partial charge in [-0.3, -0.25) is 4.79 Å². The fourth-order valence-corrected chi connectivity index (χ4v) is 1.86. The fraction of sp³-hybridized carbons (Fsp3) is 0.500. The zero-order valence-electron chi connectivity index (χ0n) is 13.3. The maximum absolute atomic E-state index is 11.4. The molecule has 116 valence electrons. The lowest BCUT2D eigenvalue weighted by Gasteiger charge is -2.14. The molecule has 0 heterocycles. The lowest BCUT2D eigenvalue weighted by Crippen LogP contribution is -2.40. The third-order valence-electron chi connectivity index (χ3n) is 3.03. The molecule has 1 unspecified atom stereocenters. The van der Waals surface area contributed by atoms with Crippen LogP contribution in [0.15, 0.2) is 29.3 Å². The van der Waals surface area contributed by atoms with E-state index in [9.17, 15) is 4.79 Å². The van der Waals surface area contributed by atoms with Crippen molar-refractivity contribution in [2.75, 3.05) is 20.2 Å². The Morgan fingerprint density at radius 2 is 2.14 bits per heavy atom. The van der Waals surface area contributed by atoms with E-state index in [1.54, 1.807) is 0 Å². The highest BCUT2D eigenvalue weighted by Crippen LogP contribution is 2.05. The summed E-state index contributed by atoms with van der Waals surface area (Å²) in [5, 5.41) is 6.33. The van der Waals surface area contributed by atoms with Crippen molar-refractivity contribution in [3.05, 3.63) is 35.4 Å². The molecule has 1 rings (SSSR count). The van der Waals surface area contributed by atoms with E-state index in [0.29, 0.717) is 19.0 Å². The number of aryl methyl sites for hydroxylation is 1. The summed E-state index contributed by atoms with van der Waals surface area (Å²) in [6.07, 6.45) is 0. The van der Waals surface area contributed by atoms with Crippen LogP contribution in [0.1, 0.15) is 25.0 Å². The molecule has 0 amide bonds. The van der Waals surface area contributed by atoms with Crippen molar-refractivity contribution < 1.29 is 9.53 Å². The molecular formula is C16H25N3O2. The number of nitrogens with one attached hydrogen (secondary N) is 2. The smallest absolute Gasteiger partial charge is 0.310 e. The molecule has 2 N–H and O–H groups in total. The highest BCUT2D eigenvalue weighted by molar-refractivity contribution is 5.80. The summed E-state index contributed by atoms with van der Waals surface area (Å²) in [6.45, 7) is 7.76. The number of ether oxygens (including phenoxy) is 1. The zero-order valence-corrected chi connectivity index (χ0v) is 13.3. The molecule has 5 heteroatoms. The maximum atomic E-state index is 11.4. The predicted molar refractivity (Wildman–Crippen MR) is 85.2 cm³/mol. The summed E-state index contributed by atoms with van der Waals surface area (Å²) >= 11 is 0. The largest absolute Gasteiger partial charge is 0.469 e. The molecule has 0 saturated carbocycles. The number of esters is 1. The third-order valence-corrected chi connectivity index (χ3v) is 3.03. The lowest BCUT2D eigenvalue weighted by molar-refractivity contribution is -0.144. The van der Waals surface area contributed by atoms with Crippen LogP contribution in [-0.4, -0.2) is 32.1 Å². The molecule has 0 fully saturated rings. The third kappa shape index (κ3) is 6.29. The Labute approximate surface area is 126 Å². The van der Waals surface area contributed by atoms with Crippen LogP contribution >= 0.6 is 0 Å². The number of hydrogen-bond donors (Lipinski definition) is 2. The van der Waals surface area contributed by atoms with Crippen LogP contribution in [0, 0.1) is 12.8 Å². The highest BCUT2D eigenvalue weighted by Gasteiger charge is 2.13. The summed E-state index contributed by atoms with van der Waals surface area (Å²) in [4.78, 5) is 15.9. The van der Waals surface area contributed by atoms with Gasteiger partial charge in [-0.05, 0) is 19.4 Å². The van der Waals surface area contributed by atoms with Gasteiger partial charge in [0.05, 0.1) is 19.6 Å². The SMILES string of the molecule is CCNC(=NCc1cccc(C)c1)NCC(C)C(=O)OC. The van der Waals surface area contributed by atoms with E-state index >= 15 is 0 Å². The van der Waals surface area contributed by atoms with Crippen molar-refractivity contribution in [1.29, 1.82) is 0 Å². The molecule has 0 spiro atoms. The molecular weight excluding hydrogens is 266 g/mol. The number of aliphatic imine (C=N–C) groups is 1. The molecule has 0 aliphatic carbocycles. The van der Waals surface area contributed by atoms with E-state index in [1.807, 2.05) is 19.9 Å². The number of guanidine groups is 1. The van der Waals surface area contributed by atoms with Crippen LogP contribution in [0.25, 0.3) is 0 Å². The summed E-state index contributed by atoms with van der Waals surface area (Å²) in [5.74, 6) is 0.268. The molecule has 0 aliphatic heterocycles. The van der Waals surface area contributed by atoms with Gasteiger partial charge in [-0.2, -0.15) is 0 Å². The first-order valence-corrected chi connectivity index (χ1v) is 7.22. The second-order valence-corrected chi connectivity index (χ2v) is 4.99. The van der Waals surface area contributed by atoms with E-state index < -0.39 is 0 Å². The molecule has 1 atom stereocenters. The van der Waals surface area contributed by atoms with Gasteiger partial charge < -0.3 is 15.4 Å². The Morgan fingerprint density at radius 1 is 1.38 bits per heavy atom. The number of hydrogen-bond acceptors (Lipinski definition) is 3. The Morgan fingerprint density at radius 3 is 2.76 bits per heavy atom. The fourth-order valence-electron chi connectivity index (χ4n) is 1.86. The van der Waals surface area contributed by atoms with Gasteiger partial charge in [0, 0.05) is 13.1 Å². The van der Waals surface area contributed by atoms with Gasteiger partial charge in [-0.1, -0.05) is 36.8 Å². The van der Waals surface area contributed by atoms with Crippen molar-refractivity contribution in [2.45, 2.75) is 27.3 Å². The second kappa shape index (κ2) is 9.00. The standard InChI is InChI=1S/C16H25N3O2/c1-5-17-16(18-10-13(3)15(20)21-4)19-11-14-8-6-7-12(2)9-14/h6-9,13H,5,10-11H2,1-4H3,(H2,17,18,19). The minimum absolute atomic E-state index is 0.210. The number of carbonyl (C=O) groups is 1. The Balaban J connectivity index is 2.59. The number of nitrogens with zero attached hydrogens (tertiary/aromatic N) is 1. The van der Waals surface area contributed by atoms with Crippen molar-refractivity contribution >= 4 is 11.9 Å². The molecule has 5 nitrogen and oxygen atoms in total. The number of methoxy groups -OCH3 is 1. The predicted octanol–water partition coefficient (Wildman–Crippen LogP) is 1.86. The summed E-state index contributed by atoms with van der Waals surface area (Å²) in [5.41, 5.74) is 2.38.